The Hall–Kier alpha value is -3.49. The molecule has 35 heavy (non-hydrogen) atoms. The van der Waals surface area contributed by atoms with Crippen molar-refractivity contribution < 1.29 is 13.9 Å². The van der Waals surface area contributed by atoms with E-state index in [1.54, 1.807) is 28.6 Å². The quantitative estimate of drug-likeness (QED) is 0.331. The normalized spacial score (nSPS) is 17.8. The summed E-state index contributed by atoms with van der Waals surface area (Å²) in [6.07, 6.45) is 1.31. The van der Waals surface area contributed by atoms with Crippen LogP contribution in [0.15, 0.2) is 83.5 Å². The van der Waals surface area contributed by atoms with Crippen molar-refractivity contribution in [3.05, 3.63) is 100 Å². The van der Waals surface area contributed by atoms with E-state index in [1.165, 1.54) is 12.1 Å². The van der Waals surface area contributed by atoms with E-state index in [2.05, 4.69) is 15.9 Å². The predicted octanol–water partition coefficient (Wildman–Crippen LogP) is 5.51. The van der Waals surface area contributed by atoms with Crippen molar-refractivity contribution in [2.75, 3.05) is 12.3 Å². The molecule has 1 aliphatic rings. The molecule has 2 heterocycles. The van der Waals surface area contributed by atoms with Gasteiger partial charge in [-0.3, -0.25) is 4.79 Å². The lowest BCUT2D eigenvalue weighted by molar-refractivity contribution is -0.130. The van der Waals surface area contributed by atoms with Crippen molar-refractivity contribution in [2.24, 2.45) is 0 Å². The summed E-state index contributed by atoms with van der Waals surface area (Å²) in [5, 5.41) is 4.81. The number of anilines is 1. The third-order valence-electron chi connectivity index (χ3n) is 6.06. The van der Waals surface area contributed by atoms with Crippen molar-refractivity contribution in [2.45, 2.75) is 25.7 Å². The van der Waals surface area contributed by atoms with Crippen LogP contribution in [-0.4, -0.2) is 33.2 Å². The lowest BCUT2D eigenvalue weighted by Gasteiger charge is -2.23. The summed E-state index contributed by atoms with van der Waals surface area (Å²) in [5.41, 5.74) is 10.6. The summed E-state index contributed by atoms with van der Waals surface area (Å²) >= 11 is 3.46. The second-order valence-corrected chi connectivity index (χ2v) is 9.43. The van der Waals surface area contributed by atoms with E-state index < -0.39 is 12.3 Å². The zero-order chi connectivity index (χ0) is 24.5. The standard InChI is InChI=1S/C27H24BrFN4O2/c1-17-26(34)32(14-13-18-3-2-4-22(30)15-18)27(35-17)24-16-33(23-11-7-20(28)8-12-23)31-25(24)19-5-9-21(29)10-6-19/h2-12,15-17,27H,13-14,30H2,1H3/t17-,27-/m1/s1. The van der Waals surface area contributed by atoms with Gasteiger partial charge in [0.2, 0.25) is 0 Å². The Labute approximate surface area is 211 Å². The van der Waals surface area contributed by atoms with Gasteiger partial charge in [0.25, 0.3) is 5.91 Å². The van der Waals surface area contributed by atoms with Gasteiger partial charge in [0.1, 0.15) is 17.6 Å². The molecular weight excluding hydrogens is 511 g/mol. The van der Waals surface area contributed by atoms with Gasteiger partial charge in [-0.25, -0.2) is 9.07 Å². The van der Waals surface area contributed by atoms with Crippen LogP contribution in [0.4, 0.5) is 10.1 Å². The van der Waals surface area contributed by atoms with Crippen LogP contribution in [-0.2, 0) is 16.0 Å². The van der Waals surface area contributed by atoms with Crippen LogP contribution in [0.1, 0.15) is 24.3 Å². The lowest BCUT2D eigenvalue weighted by atomic mass is 10.1. The molecule has 2 atom stereocenters. The average molecular weight is 535 g/mol. The minimum atomic E-state index is -0.622. The van der Waals surface area contributed by atoms with Gasteiger partial charge >= 0.3 is 0 Å². The van der Waals surface area contributed by atoms with Gasteiger partial charge in [0, 0.05) is 34.0 Å². The minimum absolute atomic E-state index is 0.0830. The highest BCUT2D eigenvalue weighted by molar-refractivity contribution is 9.10. The van der Waals surface area contributed by atoms with Crippen LogP contribution in [0.2, 0.25) is 0 Å². The third kappa shape index (κ3) is 4.85. The van der Waals surface area contributed by atoms with Crippen molar-refractivity contribution in [1.29, 1.82) is 0 Å². The number of halogens is 2. The largest absolute Gasteiger partial charge is 0.399 e. The third-order valence-corrected chi connectivity index (χ3v) is 6.59. The number of hydrogen-bond acceptors (Lipinski definition) is 4. The molecule has 0 spiro atoms. The first-order valence-electron chi connectivity index (χ1n) is 11.3. The van der Waals surface area contributed by atoms with E-state index in [0.717, 1.165) is 26.9 Å². The monoisotopic (exact) mass is 534 g/mol. The fourth-order valence-electron chi connectivity index (χ4n) is 4.27. The Morgan fingerprint density at radius 3 is 2.54 bits per heavy atom. The van der Waals surface area contributed by atoms with Crippen molar-refractivity contribution >= 4 is 27.5 Å². The Morgan fingerprint density at radius 1 is 1.09 bits per heavy atom. The molecule has 4 aromatic rings. The first kappa shape index (κ1) is 23.3. The zero-order valence-electron chi connectivity index (χ0n) is 19.1. The minimum Gasteiger partial charge on any atom is -0.399 e. The van der Waals surface area contributed by atoms with E-state index in [4.69, 9.17) is 15.6 Å². The Kier molecular flexibility index (Phi) is 6.40. The van der Waals surface area contributed by atoms with Crippen LogP contribution in [0.3, 0.4) is 0 Å². The predicted molar refractivity (Wildman–Crippen MR) is 136 cm³/mol. The van der Waals surface area contributed by atoms with Gasteiger partial charge < -0.3 is 15.4 Å². The van der Waals surface area contributed by atoms with Crippen LogP contribution < -0.4 is 5.73 Å². The zero-order valence-corrected chi connectivity index (χ0v) is 20.7. The smallest absolute Gasteiger partial charge is 0.253 e. The summed E-state index contributed by atoms with van der Waals surface area (Å²) in [7, 11) is 0. The molecule has 8 heteroatoms. The number of carbonyl (C=O) groups excluding carboxylic acids is 1. The highest BCUT2D eigenvalue weighted by atomic mass is 79.9. The molecule has 5 rings (SSSR count). The molecule has 0 radical (unpaired) electrons. The van der Waals surface area contributed by atoms with Crippen molar-refractivity contribution in [3.63, 3.8) is 0 Å². The van der Waals surface area contributed by atoms with Gasteiger partial charge in [-0.2, -0.15) is 5.10 Å². The highest BCUT2D eigenvalue weighted by Gasteiger charge is 2.40. The van der Waals surface area contributed by atoms with Crippen LogP contribution in [0.25, 0.3) is 16.9 Å². The second kappa shape index (κ2) is 9.64. The molecule has 1 amide bonds. The molecule has 1 fully saturated rings. The molecule has 1 aromatic heterocycles. The molecule has 0 unspecified atom stereocenters. The lowest BCUT2D eigenvalue weighted by Crippen LogP contribution is -2.32. The van der Waals surface area contributed by atoms with Gasteiger partial charge in [0.05, 0.1) is 5.69 Å². The van der Waals surface area contributed by atoms with Crippen LogP contribution in [0, 0.1) is 5.82 Å². The van der Waals surface area contributed by atoms with Gasteiger partial charge in [-0.05, 0) is 79.6 Å². The van der Waals surface area contributed by atoms with Gasteiger partial charge in [-0.1, -0.05) is 28.1 Å². The molecule has 1 aliphatic heterocycles. The number of benzene rings is 3. The van der Waals surface area contributed by atoms with E-state index in [0.29, 0.717) is 24.3 Å². The summed E-state index contributed by atoms with van der Waals surface area (Å²) in [6.45, 7) is 2.22. The number of rotatable bonds is 6. The molecule has 0 aliphatic carbocycles. The number of nitrogen functional groups attached to an aromatic ring is 1. The topological polar surface area (TPSA) is 73.4 Å². The fourth-order valence-corrected chi connectivity index (χ4v) is 4.53. The first-order valence-corrected chi connectivity index (χ1v) is 12.1. The molecule has 2 N–H and O–H groups in total. The molecule has 1 saturated heterocycles. The number of ether oxygens (including phenoxy) is 1. The van der Waals surface area contributed by atoms with E-state index in [-0.39, 0.29) is 11.7 Å². The fraction of sp³-hybridized carbons (Fsp3) is 0.185. The van der Waals surface area contributed by atoms with Gasteiger partial charge in [-0.15, -0.1) is 0 Å². The Bertz CT molecular complexity index is 1350. The van der Waals surface area contributed by atoms with Gasteiger partial charge in [0.15, 0.2) is 6.23 Å². The average Bonchev–Trinajstić information content (AvgIpc) is 3.40. The number of hydrogen-bond donors (Lipinski definition) is 1. The Balaban J connectivity index is 1.54. The summed E-state index contributed by atoms with van der Waals surface area (Å²) in [6, 6.07) is 21.6. The number of carbonyl (C=O) groups is 1. The van der Waals surface area contributed by atoms with Crippen molar-refractivity contribution in [3.8, 4) is 16.9 Å². The molecular formula is C27H24BrFN4O2. The highest BCUT2D eigenvalue weighted by Crippen LogP contribution is 2.37. The number of nitrogens with two attached hydrogens (primary N) is 1. The second-order valence-electron chi connectivity index (χ2n) is 8.52. The summed E-state index contributed by atoms with van der Waals surface area (Å²) in [4.78, 5) is 14.8. The number of amides is 1. The molecule has 6 nitrogen and oxygen atoms in total. The molecule has 0 bridgehead atoms. The number of aromatic nitrogens is 2. The van der Waals surface area contributed by atoms with E-state index in [9.17, 15) is 9.18 Å². The molecule has 0 saturated carbocycles. The summed E-state index contributed by atoms with van der Waals surface area (Å²) < 4.78 is 22.5. The Morgan fingerprint density at radius 2 is 1.83 bits per heavy atom. The van der Waals surface area contributed by atoms with Crippen LogP contribution in [0.5, 0.6) is 0 Å². The molecule has 178 valence electrons. The maximum absolute atomic E-state index is 13.6. The van der Waals surface area contributed by atoms with Crippen molar-refractivity contribution in [1.82, 2.24) is 14.7 Å². The number of nitrogens with zero attached hydrogens (tertiary/aromatic N) is 3. The summed E-state index contributed by atoms with van der Waals surface area (Å²) in [5.74, 6) is -0.410. The maximum atomic E-state index is 13.6. The SMILES string of the molecule is C[C@H]1O[C@H](c2cn(-c3ccc(Br)cc3)nc2-c2ccc(F)cc2)N(CCc2cccc(N)c2)C1=O. The van der Waals surface area contributed by atoms with E-state index >= 15 is 0 Å². The molecule has 3 aromatic carbocycles. The maximum Gasteiger partial charge on any atom is 0.253 e. The first-order chi connectivity index (χ1) is 16.9. The van der Waals surface area contributed by atoms with E-state index in [1.807, 2.05) is 54.7 Å². The van der Waals surface area contributed by atoms with Crippen LogP contribution >= 0.6 is 15.9 Å².